The summed E-state index contributed by atoms with van der Waals surface area (Å²) < 4.78 is -0.668. The molecule has 0 amide bonds. The second kappa shape index (κ2) is 2.25. The fourth-order valence-corrected chi connectivity index (χ4v) is 2.78. The lowest BCUT2D eigenvalue weighted by Gasteiger charge is -2.21. The summed E-state index contributed by atoms with van der Waals surface area (Å²) in [7, 11) is 0. The molecule has 0 aromatic heterocycles. The molecule has 4 heteroatoms. The molecule has 4 atom stereocenters. The maximum absolute atomic E-state index is 9.24. The fourth-order valence-electron chi connectivity index (χ4n) is 1.94. The van der Waals surface area contributed by atoms with E-state index in [1.54, 1.807) is 0 Å². The monoisotopic (exact) mass is 196 g/mol. The zero-order valence-electron chi connectivity index (χ0n) is 5.87. The lowest BCUT2D eigenvalue weighted by atomic mass is 9.95. The molecular weight excluding hydrogens is 187 g/mol. The molecular formula is C7H10Cl2O2. The quantitative estimate of drug-likeness (QED) is 0.567. The van der Waals surface area contributed by atoms with Crippen LogP contribution in [0.5, 0.6) is 0 Å². The molecule has 2 fully saturated rings. The highest BCUT2D eigenvalue weighted by Crippen LogP contribution is 2.65. The van der Waals surface area contributed by atoms with Crippen LogP contribution in [0.2, 0.25) is 0 Å². The highest BCUT2D eigenvalue weighted by molar-refractivity contribution is 6.51. The molecule has 11 heavy (non-hydrogen) atoms. The molecule has 64 valence electrons. The van der Waals surface area contributed by atoms with Crippen LogP contribution in [-0.2, 0) is 0 Å². The molecule has 0 spiro atoms. The molecule has 0 aromatic rings. The Morgan fingerprint density at radius 2 is 1.36 bits per heavy atom. The molecule has 2 nitrogen and oxygen atoms in total. The van der Waals surface area contributed by atoms with Gasteiger partial charge in [0.2, 0.25) is 0 Å². The Hall–Kier alpha value is 0.500. The smallest absolute Gasteiger partial charge is 0.124 e. The van der Waals surface area contributed by atoms with Crippen molar-refractivity contribution in [2.45, 2.75) is 29.4 Å². The third-order valence-electron chi connectivity index (χ3n) is 2.80. The first-order valence-corrected chi connectivity index (χ1v) is 4.53. The van der Waals surface area contributed by atoms with E-state index in [0.29, 0.717) is 12.8 Å². The molecule has 2 N–H and O–H groups in total. The minimum absolute atomic E-state index is 0.198. The first-order valence-electron chi connectivity index (χ1n) is 3.77. The summed E-state index contributed by atoms with van der Waals surface area (Å²) >= 11 is 11.8. The van der Waals surface area contributed by atoms with Gasteiger partial charge in [-0.1, -0.05) is 0 Å². The summed E-state index contributed by atoms with van der Waals surface area (Å²) in [5, 5.41) is 18.5. The van der Waals surface area contributed by atoms with Gasteiger partial charge in [0.25, 0.3) is 0 Å². The van der Waals surface area contributed by atoms with Crippen molar-refractivity contribution in [1.29, 1.82) is 0 Å². The number of fused-ring (bicyclic) bond motifs is 1. The average Bonchev–Trinajstić information content (AvgIpc) is 2.39. The largest absolute Gasteiger partial charge is 0.390 e. The van der Waals surface area contributed by atoms with Crippen LogP contribution in [0.1, 0.15) is 12.8 Å². The molecule has 2 saturated carbocycles. The Morgan fingerprint density at radius 1 is 1.00 bits per heavy atom. The molecule has 0 unspecified atom stereocenters. The highest BCUT2D eigenvalue weighted by atomic mass is 35.5. The maximum Gasteiger partial charge on any atom is 0.124 e. The zero-order chi connectivity index (χ0) is 8.22. The van der Waals surface area contributed by atoms with Crippen LogP contribution in [0.25, 0.3) is 0 Å². The van der Waals surface area contributed by atoms with Gasteiger partial charge >= 0.3 is 0 Å². The molecule has 0 saturated heterocycles. The summed E-state index contributed by atoms with van der Waals surface area (Å²) in [5.41, 5.74) is 0. The van der Waals surface area contributed by atoms with Crippen molar-refractivity contribution in [1.82, 2.24) is 0 Å². The van der Waals surface area contributed by atoms with Gasteiger partial charge in [-0.3, -0.25) is 0 Å². The molecule has 2 aliphatic carbocycles. The van der Waals surface area contributed by atoms with E-state index < -0.39 is 16.5 Å². The first-order chi connectivity index (χ1) is 5.03. The zero-order valence-corrected chi connectivity index (χ0v) is 7.39. The number of halogens is 2. The van der Waals surface area contributed by atoms with E-state index in [0.717, 1.165) is 0 Å². The summed E-state index contributed by atoms with van der Waals surface area (Å²) in [6, 6.07) is 0. The number of rotatable bonds is 0. The third kappa shape index (κ3) is 1.08. The minimum Gasteiger partial charge on any atom is -0.390 e. The second-order valence-electron chi connectivity index (χ2n) is 3.49. The van der Waals surface area contributed by atoms with E-state index in [1.165, 1.54) is 0 Å². The summed E-state index contributed by atoms with van der Waals surface area (Å²) in [4.78, 5) is 0. The number of hydrogen-bond acceptors (Lipinski definition) is 2. The van der Waals surface area contributed by atoms with Gasteiger partial charge in [-0.05, 0) is 12.8 Å². The van der Waals surface area contributed by atoms with Crippen molar-refractivity contribution in [2.24, 2.45) is 11.8 Å². The molecule has 2 rings (SSSR count). The van der Waals surface area contributed by atoms with Crippen LogP contribution in [0, 0.1) is 11.8 Å². The van der Waals surface area contributed by atoms with Crippen molar-refractivity contribution in [3.8, 4) is 0 Å². The van der Waals surface area contributed by atoms with Gasteiger partial charge in [-0.25, -0.2) is 0 Å². The predicted octanol–water partition coefficient (Wildman–Crippen LogP) is 0.922. The van der Waals surface area contributed by atoms with Crippen molar-refractivity contribution in [3.63, 3.8) is 0 Å². The van der Waals surface area contributed by atoms with Gasteiger partial charge < -0.3 is 10.2 Å². The third-order valence-corrected chi connectivity index (χ3v) is 3.92. The van der Waals surface area contributed by atoms with Crippen LogP contribution in [0.15, 0.2) is 0 Å². The topological polar surface area (TPSA) is 40.5 Å². The Labute approximate surface area is 75.1 Å². The van der Waals surface area contributed by atoms with E-state index in [1.807, 2.05) is 0 Å². The maximum atomic E-state index is 9.24. The number of alkyl halides is 2. The average molecular weight is 197 g/mol. The number of aliphatic hydroxyl groups is 2. The molecule has 0 heterocycles. The highest BCUT2D eigenvalue weighted by Gasteiger charge is 2.65. The Morgan fingerprint density at radius 3 is 1.73 bits per heavy atom. The van der Waals surface area contributed by atoms with Crippen molar-refractivity contribution >= 4 is 23.2 Å². The van der Waals surface area contributed by atoms with Crippen molar-refractivity contribution < 1.29 is 10.2 Å². The van der Waals surface area contributed by atoms with Crippen LogP contribution in [-0.4, -0.2) is 26.8 Å². The van der Waals surface area contributed by atoms with Gasteiger partial charge in [0, 0.05) is 11.8 Å². The Kier molecular flexibility index (Phi) is 1.66. The van der Waals surface area contributed by atoms with E-state index in [9.17, 15) is 10.2 Å². The van der Waals surface area contributed by atoms with E-state index in [2.05, 4.69) is 0 Å². The molecule has 0 bridgehead atoms. The van der Waals surface area contributed by atoms with Crippen LogP contribution >= 0.6 is 23.2 Å². The van der Waals surface area contributed by atoms with E-state index >= 15 is 0 Å². The predicted molar refractivity (Wildman–Crippen MR) is 42.7 cm³/mol. The fraction of sp³-hybridized carbons (Fsp3) is 1.00. The standard InChI is InChI=1S/C7H10Cl2O2/c8-7(9)3-1-5(10)6(11)2-4(3)7/h3-6,10-11H,1-2H2/t3-,4+,5-,6+. The SMILES string of the molecule is O[C@@H]1C[C@@H]2[C@H](C[C@@H]1O)C2(Cl)Cl. The van der Waals surface area contributed by atoms with Crippen LogP contribution in [0.3, 0.4) is 0 Å². The molecule has 0 radical (unpaired) electrons. The minimum atomic E-state index is -0.668. The van der Waals surface area contributed by atoms with Crippen LogP contribution in [0.4, 0.5) is 0 Å². The molecule has 0 aromatic carbocycles. The van der Waals surface area contributed by atoms with Gasteiger partial charge in [-0.2, -0.15) is 0 Å². The number of hydrogen-bond donors (Lipinski definition) is 2. The first kappa shape index (κ1) is 8.11. The van der Waals surface area contributed by atoms with Crippen molar-refractivity contribution in [2.75, 3.05) is 0 Å². The van der Waals surface area contributed by atoms with Gasteiger partial charge in [-0.15, -0.1) is 23.2 Å². The summed E-state index contributed by atoms with van der Waals surface area (Å²) in [6.45, 7) is 0. The second-order valence-corrected chi connectivity index (χ2v) is 4.94. The lowest BCUT2D eigenvalue weighted by Crippen LogP contribution is -2.30. The van der Waals surface area contributed by atoms with Gasteiger partial charge in [0.1, 0.15) is 4.33 Å². The normalized spacial score (nSPS) is 53.5. The van der Waals surface area contributed by atoms with Crippen LogP contribution < -0.4 is 0 Å². The van der Waals surface area contributed by atoms with Crippen molar-refractivity contribution in [3.05, 3.63) is 0 Å². The van der Waals surface area contributed by atoms with Gasteiger partial charge in [0.05, 0.1) is 12.2 Å². The van der Waals surface area contributed by atoms with Gasteiger partial charge in [0.15, 0.2) is 0 Å². The molecule has 2 aliphatic rings. The van der Waals surface area contributed by atoms with E-state index in [4.69, 9.17) is 23.2 Å². The number of aliphatic hydroxyl groups excluding tert-OH is 2. The summed E-state index contributed by atoms with van der Waals surface area (Å²) in [6.07, 6.45) is -0.177. The summed E-state index contributed by atoms with van der Waals surface area (Å²) in [5.74, 6) is 0.397. The van der Waals surface area contributed by atoms with E-state index in [-0.39, 0.29) is 11.8 Å². The Bertz CT molecular complexity index is 165. The Balaban J connectivity index is 2.07. The lowest BCUT2D eigenvalue weighted by molar-refractivity contribution is -0.0119. The molecule has 0 aliphatic heterocycles.